The van der Waals surface area contributed by atoms with E-state index < -0.39 is 6.09 Å². The van der Waals surface area contributed by atoms with Crippen molar-refractivity contribution in [2.24, 2.45) is 0 Å². The molecule has 2 atom stereocenters. The number of piperidine rings is 1. The SMILES string of the molecule is CN(c1nc(Cl)cc2ncccc12)C1CC2CCC(C1)N2C(=O)O. The number of carboxylic acid groups (broad SMARTS) is 1. The minimum absolute atomic E-state index is 0.109. The predicted octanol–water partition coefficient (Wildman–Crippen LogP) is 3.39. The van der Waals surface area contributed by atoms with Gasteiger partial charge in [-0.1, -0.05) is 11.6 Å². The lowest BCUT2D eigenvalue weighted by Crippen LogP contribution is -2.51. The van der Waals surface area contributed by atoms with Gasteiger partial charge in [0.05, 0.1) is 5.52 Å². The lowest BCUT2D eigenvalue weighted by molar-refractivity contribution is 0.0965. The van der Waals surface area contributed by atoms with Crippen LogP contribution in [-0.4, -0.2) is 51.2 Å². The van der Waals surface area contributed by atoms with Crippen molar-refractivity contribution >= 4 is 34.4 Å². The summed E-state index contributed by atoms with van der Waals surface area (Å²) >= 11 is 6.18. The van der Waals surface area contributed by atoms with E-state index in [2.05, 4.69) is 14.9 Å². The van der Waals surface area contributed by atoms with Crippen LogP contribution in [0.25, 0.3) is 10.9 Å². The average Bonchev–Trinajstić information content (AvgIpc) is 2.84. The maximum atomic E-state index is 11.5. The molecule has 2 aromatic rings. The van der Waals surface area contributed by atoms with Crippen molar-refractivity contribution in [1.82, 2.24) is 14.9 Å². The van der Waals surface area contributed by atoms with Gasteiger partial charge in [0.1, 0.15) is 11.0 Å². The first kappa shape index (κ1) is 15.4. The van der Waals surface area contributed by atoms with E-state index in [1.165, 1.54) is 0 Å². The number of hydrogen-bond donors (Lipinski definition) is 1. The highest BCUT2D eigenvalue weighted by Crippen LogP contribution is 2.39. The molecular formula is C17H19ClN4O2. The molecule has 1 N–H and O–H groups in total. The van der Waals surface area contributed by atoms with E-state index in [-0.39, 0.29) is 18.1 Å². The van der Waals surface area contributed by atoms with Gasteiger partial charge in [-0.3, -0.25) is 4.98 Å². The van der Waals surface area contributed by atoms with Crippen LogP contribution in [0.4, 0.5) is 10.6 Å². The number of hydrogen-bond acceptors (Lipinski definition) is 4. The van der Waals surface area contributed by atoms with Gasteiger partial charge >= 0.3 is 6.09 Å². The molecule has 2 bridgehead atoms. The number of halogens is 1. The first-order chi connectivity index (χ1) is 11.5. The topological polar surface area (TPSA) is 69.6 Å². The molecule has 2 aromatic heterocycles. The Morgan fingerprint density at radius 3 is 2.75 bits per heavy atom. The third-order valence-corrected chi connectivity index (χ3v) is 5.55. The molecule has 2 unspecified atom stereocenters. The molecule has 0 aromatic carbocycles. The molecule has 24 heavy (non-hydrogen) atoms. The van der Waals surface area contributed by atoms with Crippen molar-refractivity contribution in [2.75, 3.05) is 11.9 Å². The minimum Gasteiger partial charge on any atom is -0.465 e. The second-order valence-electron chi connectivity index (χ2n) is 6.65. The lowest BCUT2D eigenvalue weighted by Gasteiger charge is -2.41. The van der Waals surface area contributed by atoms with Crippen molar-refractivity contribution < 1.29 is 9.90 Å². The molecule has 7 heteroatoms. The quantitative estimate of drug-likeness (QED) is 0.844. The van der Waals surface area contributed by atoms with Crippen molar-refractivity contribution in [2.45, 2.75) is 43.8 Å². The van der Waals surface area contributed by atoms with Crippen LogP contribution in [0.3, 0.4) is 0 Å². The van der Waals surface area contributed by atoms with E-state index in [4.69, 9.17) is 11.6 Å². The molecule has 126 valence electrons. The molecule has 4 heterocycles. The summed E-state index contributed by atoms with van der Waals surface area (Å²) in [5.74, 6) is 0.818. The van der Waals surface area contributed by atoms with E-state index in [1.54, 1.807) is 17.2 Å². The maximum Gasteiger partial charge on any atom is 0.407 e. The summed E-state index contributed by atoms with van der Waals surface area (Å²) in [6.45, 7) is 0. The highest BCUT2D eigenvalue weighted by atomic mass is 35.5. The number of nitrogens with zero attached hydrogens (tertiary/aromatic N) is 4. The summed E-state index contributed by atoms with van der Waals surface area (Å²) in [5, 5.41) is 10.8. The van der Waals surface area contributed by atoms with Crippen LogP contribution in [0.15, 0.2) is 24.4 Å². The number of amides is 1. The molecule has 1 amide bonds. The number of carbonyl (C=O) groups is 1. The summed E-state index contributed by atoms with van der Waals surface area (Å²) < 4.78 is 0. The first-order valence-corrected chi connectivity index (χ1v) is 8.57. The van der Waals surface area contributed by atoms with Crippen LogP contribution >= 0.6 is 11.6 Å². The van der Waals surface area contributed by atoms with Crippen LogP contribution in [0.1, 0.15) is 25.7 Å². The molecule has 2 fully saturated rings. The van der Waals surface area contributed by atoms with Gasteiger partial charge in [-0.05, 0) is 37.8 Å². The second kappa shape index (κ2) is 5.77. The van der Waals surface area contributed by atoms with E-state index in [0.717, 1.165) is 42.4 Å². The number of pyridine rings is 2. The molecule has 0 saturated carbocycles. The van der Waals surface area contributed by atoms with Gasteiger partial charge in [0, 0.05) is 42.8 Å². The second-order valence-corrected chi connectivity index (χ2v) is 7.04. The summed E-state index contributed by atoms with van der Waals surface area (Å²) in [7, 11) is 2.02. The van der Waals surface area contributed by atoms with Crippen molar-refractivity contribution in [3.63, 3.8) is 0 Å². The first-order valence-electron chi connectivity index (χ1n) is 8.20. The van der Waals surface area contributed by atoms with Crippen LogP contribution in [-0.2, 0) is 0 Å². The fourth-order valence-corrected chi connectivity index (χ4v) is 4.43. The molecule has 0 spiro atoms. The summed E-state index contributed by atoms with van der Waals surface area (Å²) in [6, 6.07) is 6.14. The average molecular weight is 347 g/mol. The van der Waals surface area contributed by atoms with Crippen LogP contribution in [0.5, 0.6) is 0 Å². The maximum absolute atomic E-state index is 11.5. The van der Waals surface area contributed by atoms with E-state index in [9.17, 15) is 9.90 Å². The number of aromatic nitrogens is 2. The Balaban J connectivity index is 1.66. The number of anilines is 1. The van der Waals surface area contributed by atoms with Gasteiger partial charge < -0.3 is 14.9 Å². The zero-order valence-corrected chi connectivity index (χ0v) is 14.1. The molecule has 2 aliphatic rings. The smallest absolute Gasteiger partial charge is 0.407 e. The molecule has 0 radical (unpaired) electrons. The van der Waals surface area contributed by atoms with Crippen LogP contribution in [0, 0.1) is 0 Å². The fourth-order valence-electron chi connectivity index (χ4n) is 4.25. The van der Waals surface area contributed by atoms with Crippen molar-refractivity contribution in [3.05, 3.63) is 29.5 Å². The molecule has 6 nitrogen and oxygen atoms in total. The highest BCUT2D eigenvalue weighted by molar-refractivity contribution is 6.30. The Labute approximate surface area is 145 Å². The van der Waals surface area contributed by atoms with Gasteiger partial charge in [-0.25, -0.2) is 9.78 Å². The van der Waals surface area contributed by atoms with Crippen LogP contribution < -0.4 is 4.90 Å². The Morgan fingerprint density at radius 2 is 2.08 bits per heavy atom. The third kappa shape index (κ3) is 2.45. The molecule has 4 rings (SSSR count). The normalized spacial score (nSPS) is 25.9. The summed E-state index contributed by atoms with van der Waals surface area (Å²) in [6.07, 6.45) is 4.51. The molecule has 0 aliphatic carbocycles. The monoisotopic (exact) mass is 346 g/mol. The van der Waals surface area contributed by atoms with Crippen molar-refractivity contribution in [3.8, 4) is 0 Å². The highest BCUT2D eigenvalue weighted by Gasteiger charge is 2.44. The van der Waals surface area contributed by atoms with Crippen molar-refractivity contribution in [1.29, 1.82) is 0 Å². The van der Waals surface area contributed by atoms with E-state index in [1.807, 2.05) is 19.2 Å². The van der Waals surface area contributed by atoms with Crippen LogP contribution in [0.2, 0.25) is 5.15 Å². The predicted molar refractivity (Wildman–Crippen MR) is 92.6 cm³/mol. The molecule has 2 saturated heterocycles. The third-order valence-electron chi connectivity index (χ3n) is 5.36. The Bertz CT molecular complexity index is 785. The molecule has 2 aliphatic heterocycles. The zero-order valence-electron chi connectivity index (χ0n) is 13.4. The minimum atomic E-state index is -0.792. The number of fused-ring (bicyclic) bond motifs is 3. The zero-order chi connectivity index (χ0) is 16.8. The molecular weight excluding hydrogens is 328 g/mol. The Hall–Kier alpha value is -2.08. The van der Waals surface area contributed by atoms with Gasteiger partial charge in [-0.15, -0.1) is 0 Å². The van der Waals surface area contributed by atoms with Gasteiger partial charge in [0.25, 0.3) is 0 Å². The van der Waals surface area contributed by atoms with Gasteiger partial charge in [0.15, 0.2) is 0 Å². The van der Waals surface area contributed by atoms with Gasteiger partial charge in [-0.2, -0.15) is 0 Å². The summed E-state index contributed by atoms with van der Waals surface area (Å²) in [4.78, 5) is 24.1. The largest absolute Gasteiger partial charge is 0.465 e. The Morgan fingerprint density at radius 1 is 1.38 bits per heavy atom. The van der Waals surface area contributed by atoms with E-state index >= 15 is 0 Å². The fraction of sp³-hybridized carbons (Fsp3) is 0.471. The standard InChI is InChI=1S/C17H19ClN4O2/c1-21(12-7-10-4-5-11(8-12)22(10)17(23)24)16-13-3-2-6-19-14(13)9-15(18)20-16/h2-3,6,9-12H,4-5,7-8H2,1H3,(H,23,24). The summed E-state index contributed by atoms with van der Waals surface area (Å²) in [5.41, 5.74) is 0.824. The van der Waals surface area contributed by atoms with Gasteiger partial charge in [0.2, 0.25) is 0 Å². The Kier molecular flexibility index (Phi) is 3.72. The van der Waals surface area contributed by atoms with E-state index in [0.29, 0.717) is 5.15 Å². The lowest BCUT2D eigenvalue weighted by atomic mass is 9.96. The number of rotatable bonds is 2.